The second-order valence-electron chi connectivity index (χ2n) is 4.63. The number of hydrogen-bond acceptors (Lipinski definition) is 2. The van der Waals surface area contributed by atoms with Crippen LogP contribution in [0.1, 0.15) is 26.3 Å². The Morgan fingerprint density at radius 3 is 2.29 bits per heavy atom. The van der Waals surface area contributed by atoms with Gasteiger partial charge in [-0.15, -0.1) is 0 Å². The first-order chi connectivity index (χ1) is 7.60. The van der Waals surface area contributed by atoms with E-state index in [9.17, 15) is 14.3 Å². The molecule has 1 atom stereocenters. The first-order valence-corrected chi connectivity index (χ1v) is 5.81. The molecule has 0 saturated heterocycles. The zero-order valence-corrected chi connectivity index (χ0v) is 11.4. The largest absolute Gasteiger partial charge is 0.481 e. The summed E-state index contributed by atoms with van der Waals surface area (Å²) in [4.78, 5) is 11.2. The van der Waals surface area contributed by atoms with Crippen LogP contribution in [-0.4, -0.2) is 16.2 Å². The Kier molecular flexibility index (Phi) is 3.64. The third-order valence-electron chi connectivity index (χ3n) is 3.21. The van der Waals surface area contributed by atoms with Gasteiger partial charge in [0, 0.05) is 4.47 Å². The number of halogens is 2. The Hall–Kier alpha value is -0.940. The van der Waals surface area contributed by atoms with Crippen LogP contribution in [0.25, 0.3) is 0 Å². The molecule has 3 nitrogen and oxygen atoms in total. The van der Waals surface area contributed by atoms with Crippen molar-refractivity contribution >= 4 is 21.9 Å². The van der Waals surface area contributed by atoms with Crippen molar-refractivity contribution in [3.63, 3.8) is 0 Å². The van der Waals surface area contributed by atoms with Crippen LogP contribution in [0.5, 0.6) is 0 Å². The van der Waals surface area contributed by atoms with Crippen molar-refractivity contribution < 1.29 is 19.4 Å². The number of carboxylic acids is 1. The highest BCUT2D eigenvalue weighted by Gasteiger charge is 2.47. The fourth-order valence-corrected chi connectivity index (χ4v) is 2.17. The third kappa shape index (κ3) is 2.35. The van der Waals surface area contributed by atoms with Crippen molar-refractivity contribution in [2.45, 2.75) is 26.4 Å². The topological polar surface area (TPSA) is 57.5 Å². The molecule has 0 fully saturated rings. The van der Waals surface area contributed by atoms with Gasteiger partial charge in [-0.2, -0.15) is 0 Å². The Labute approximate surface area is 107 Å². The summed E-state index contributed by atoms with van der Waals surface area (Å²) in [5.41, 5.74) is -2.68. The molecule has 94 valence electrons. The number of hydrogen-bond donors (Lipinski definition) is 2. The molecule has 0 amide bonds. The van der Waals surface area contributed by atoms with Crippen molar-refractivity contribution in [2.24, 2.45) is 5.41 Å². The number of aliphatic carboxylic acids is 1. The predicted molar refractivity (Wildman–Crippen MR) is 65.1 cm³/mol. The molecule has 0 aromatic heterocycles. The van der Waals surface area contributed by atoms with Crippen LogP contribution in [0.15, 0.2) is 22.7 Å². The number of benzene rings is 1. The second-order valence-corrected chi connectivity index (χ2v) is 5.48. The molecular weight excluding hydrogens is 291 g/mol. The average Bonchev–Trinajstić information content (AvgIpc) is 2.16. The summed E-state index contributed by atoms with van der Waals surface area (Å²) in [7, 11) is 0. The fourth-order valence-electron chi connectivity index (χ4n) is 1.43. The van der Waals surface area contributed by atoms with E-state index in [-0.39, 0.29) is 0 Å². The van der Waals surface area contributed by atoms with Crippen molar-refractivity contribution in [2.75, 3.05) is 0 Å². The quantitative estimate of drug-likeness (QED) is 0.903. The fraction of sp³-hybridized carbons (Fsp3) is 0.417. The van der Waals surface area contributed by atoms with E-state index in [4.69, 9.17) is 5.11 Å². The van der Waals surface area contributed by atoms with Gasteiger partial charge in [-0.05, 0) is 38.5 Å². The minimum atomic E-state index is -1.62. The summed E-state index contributed by atoms with van der Waals surface area (Å²) in [5.74, 6) is -1.58. The summed E-state index contributed by atoms with van der Waals surface area (Å²) in [5, 5.41) is 19.6. The minimum absolute atomic E-state index is 0.339. The lowest BCUT2D eigenvalue weighted by atomic mass is 9.72. The van der Waals surface area contributed by atoms with Crippen LogP contribution in [0.3, 0.4) is 0 Å². The van der Waals surface area contributed by atoms with Gasteiger partial charge in [-0.25, -0.2) is 4.39 Å². The van der Waals surface area contributed by atoms with E-state index in [0.29, 0.717) is 10.0 Å². The van der Waals surface area contributed by atoms with Crippen molar-refractivity contribution in [3.8, 4) is 0 Å². The molecule has 0 aliphatic rings. The average molecular weight is 305 g/mol. The van der Waals surface area contributed by atoms with E-state index in [1.54, 1.807) is 0 Å². The van der Waals surface area contributed by atoms with Crippen LogP contribution in [-0.2, 0) is 10.4 Å². The lowest BCUT2D eigenvalue weighted by molar-refractivity contribution is -0.164. The SMILES string of the molecule is CC(C)(C(=O)O)C(C)(O)c1ccc(F)cc1Br. The monoisotopic (exact) mass is 304 g/mol. The molecule has 0 bridgehead atoms. The minimum Gasteiger partial charge on any atom is -0.481 e. The van der Waals surface area contributed by atoms with Crippen LogP contribution >= 0.6 is 15.9 Å². The molecular formula is C12H14BrFO3. The van der Waals surface area contributed by atoms with E-state index < -0.39 is 22.8 Å². The lowest BCUT2D eigenvalue weighted by Crippen LogP contribution is -2.45. The van der Waals surface area contributed by atoms with Gasteiger partial charge < -0.3 is 10.2 Å². The molecule has 0 spiro atoms. The van der Waals surface area contributed by atoms with Gasteiger partial charge >= 0.3 is 5.97 Å². The molecule has 1 rings (SSSR count). The number of carboxylic acid groups (broad SMARTS) is 1. The van der Waals surface area contributed by atoms with Gasteiger partial charge in [0.25, 0.3) is 0 Å². The van der Waals surface area contributed by atoms with Gasteiger partial charge in [-0.3, -0.25) is 4.79 Å². The summed E-state index contributed by atoms with van der Waals surface area (Å²) in [6, 6.07) is 3.76. The first kappa shape index (κ1) is 14.1. The van der Waals surface area contributed by atoms with Crippen molar-refractivity contribution in [3.05, 3.63) is 34.1 Å². The van der Waals surface area contributed by atoms with Crippen molar-refractivity contribution in [1.29, 1.82) is 0 Å². The smallest absolute Gasteiger partial charge is 0.312 e. The molecule has 2 N–H and O–H groups in total. The lowest BCUT2D eigenvalue weighted by Gasteiger charge is -2.37. The Morgan fingerprint density at radius 2 is 1.88 bits per heavy atom. The summed E-state index contributed by atoms with van der Waals surface area (Å²) in [6.45, 7) is 4.25. The highest BCUT2D eigenvalue weighted by atomic mass is 79.9. The van der Waals surface area contributed by atoms with Crippen LogP contribution in [0.4, 0.5) is 4.39 Å². The predicted octanol–water partition coefficient (Wildman–Crippen LogP) is 2.91. The van der Waals surface area contributed by atoms with Gasteiger partial charge in [0.1, 0.15) is 11.4 Å². The normalized spacial score (nSPS) is 15.4. The molecule has 0 radical (unpaired) electrons. The zero-order chi connectivity index (χ0) is 13.4. The molecule has 1 unspecified atom stereocenters. The molecule has 17 heavy (non-hydrogen) atoms. The summed E-state index contributed by atoms with van der Waals surface area (Å²) >= 11 is 3.13. The van der Waals surface area contributed by atoms with E-state index in [0.717, 1.165) is 0 Å². The molecule has 0 aliphatic carbocycles. The van der Waals surface area contributed by atoms with E-state index in [2.05, 4.69) is 15.9 Å². The maximum Gasteiger partial charge on any atom is 0.312 e. The van der Waals surface area contributed by atoms with Crippen molar-refractivity contribution in [1.82, 2.24) is 0 Å². The standard InChI is InChI=1S/C12H14BrFO3/c1-11(2,10(15)16)12(3,17)8-5-4-7(14)6-9(8)13/h4-6,17H,1-3H3,(H,15,16). The van der Waals surface area contributed by atoms with E-state index in [1.807, 2.05) is 0 Å². The number of aliphatic hydroxyl groups is 1. The van der Waals surface area contributed by atoms with Gasteiger partial charge in [0.2, 0.25) is 0 Å². The Morgan fingerprint density at radius 1 is 1.35 bits per heavy atom. The molecule has 0 heterocycles. The van der Waals surface area contributed by atoms with Crippen LogP contribution < -0.4 is 0 Å². The first-order valence-electron chi connectivity index (χ1n) is 5.02. The van der Waals surface area contributed by atoms with Crippen LogP contribution in [0, 0.1) is 11.2 Å². The molecule has 1 aromatic rings. The molecule has 0 aliphatic heterocycles. The summed E-state index contributed by atoms with van der Waals surface area (Å²) in [6.07, 6.45) is 0. The number of rotatable bonds is 3. The molecule has 5 heteroatoms. The highest BCUT2D eigenvalue weighted by molar-refractivity contribution is 9.10. The van der Waals surface area contributed by atoms with E-state index >= 15 is 0 Å². The van der Waals surface area contributed by atoms with Gasteiger partial charge in [-0.1, -0.05) is 22.0 Å². The van der Waals surface area contributed by atoms with Crippen LogP contribution in [0.2, 0.25) is 0 Å². The second kappa shape index (κ2) is 4.38. The Bertz CT molecular complexity index is 455. The van der Waals surface area contributed by atoms with Gasteiger partial charge in [0.05, 0.1) is 5.41 Å². The molecule has 0 saturated carbocycles. The zero-order valence-electron chi connectivity index (χ0n) is 9.79. The van der Waals surface area contributed by atoms with Gasteiger partial charge in [0.15, 0.2) is 0 Å². The summed E-state index contributed by atoms with van der Waals surface area (Å²) < 4.78 is 13.3. The maximum absolute atomic E-state index is 13.0. The third-order valence-corrected chi connectivity index (χ3v) is 3.86. The number of carbonyl (C=O) groups is 1. The maximum atomic E-state index is 13.0. The molecule has 1 aromatic carbocycles. The Balaban J connectivity index is 3.35. The van der Waals surface area contributed by atoms with E-state index in [1.165, 1.54) is 39.0 Å². The highest BCUT2D eigenvalue weighted by Crippen LogP contribution is 2.42.